The van der Waals surface area contributed by atoms with Gasteiger partial charge in [0, 0.05) is 10.9 Å². The number of benzene rings is 1. The summed E-state index contributed by atoms with van der Waals surface area (Å²) in [7, 11) is 0. The number of hydrogen-bond acceptors (Lipinski definition) is 1. The number of rotatable bonds is 4. The molecule has 1 aliphatic carbocycles. The summed E-state index contributed by atoms with van der Waals surface area (Å²) in [5, 5.41) is -0.440. The number of halogens is 5. The van der Waals surface area contributed by atoms with Gasteiger partial charge in [0.05, 0.1) is 5.38 Å². The molecule has 0 N–H and O–H groups in total. The smallest absolute Gasteiger partial charge is 0.225 e. The monoisotopic (exact) mass is 372 g/mol. The minimum atomic E-state index is -1.31. The van der Waals surface area contributed by atoms with Crippen molar-refractivity contribution in [1.82, 2.24) is 0 Å². The fourth-order valence-electron chi connectivity index (χ4n) is 2.71. The first-order valence-corrected chi connectivity index (χ1v) is 8.02. The Hall–Kier alpha value is 0.340. The third-order valence-corrected chi connectivity index (χ3v) is 6.26. The molecule has 0 aliphatic heterocycles. The standard InChI is InChI=1S/C14H13Cl5O/c1-13(2)9(10(13)12(17)20)11(16)14(18,19)7-3-5-8(15)6-4-7/h3-6,9-11H,1-2H3/t9-,10-,11?/m0/s1. The van der Waals surface area contributed by atoms with Crippen LogP contribution in [0.1, 0.15) is 19.4 Å². The Morgan fingerprint density at radius 2 is 1.75 bits per heavy atom. The zero-order valence-electron chi connectivity index (χ0n) is 10.8. The van der Waals surface area contributed by atoms with E-state index >= 15 is 0 Å². The molecule has 0 saturated heterocycles. The van der Waals surface area contributed by atoms with E-state index in [0.29, 0.717) is 10.6 Å². The normalized spacial score (nSPS) is 26.1. The van der Waals surface area contributed by atoms with Crippen molar-refractivity contribution in [3.05, 3.63) is 34.9 Å². The van der Waals surface area contributed by atoms with Gasteiger partial charge in [-0.25, -0.2) is 0 Å². The molecule has 0 radical (unpaired) electrons. The average Bonchev–Trinajstić information content (AvgIpc) is 2.91. The minimum Gasteiger partial charge on any atom is -0.281 e. The third kappa shape index (κ3) is 2.80. The van der Waals surface area contributed by atoms with Crippen molar-refractivity contribution in [2.75, 3.05) is 0 Å². The van der Waals surface area contributed by atoms with E-state index in [9.17, 15) is 4.79 Å². The molecule has 0 amide bonds. The molecule has 0 heterocycles. The highest BCUT2D eigenvalue weighted by Gasteiger charge is 2.67. The molecule has 3 atom stereocenters. The summed E-state index contributed by atoms with van der Waals surface area (Å²) in [6.45, 7) is 3.87. The van der Waals surface area contributed by atoms with Crippen molar-refractivity contribution in [2.45, 2.75) is 23.6 Å². The Labute approximate surface area is 143 Å². The van der Waals surface area contributed by atoms with Crippen molar-refractivity contribution < 1.29 is 4.79 Å². The molecule has 1 saturated carbocycles. The van der Waals surface area contributed by atoms with Crippen LogP contribution in [0.3, 0.4) is 0 Å². The van der Waals surface area contributed by atoms with Crippen molar-refractivity contribution in [3.8, 4) is 0 Å². The lowest BCUT2D eigenvalue weighted by Gasteiger charge is -2.27. The van der Waals surface area contributed by atoms with E-state index in [0.717, 1.165) is 0 Å². The van der Waals surface area contributed by atoms with Crippen LogP contribution in [-0.2, 0) is 9.13 Å². The van der Waals surface area contributed by atoms with Crippen molar-refractivity contribution in [3.63, 3.8) is 0 Å². The molecular formula is C14H13Cl5O. The first-order chi connectivity index (χ1) is 9.10. The predicted molar refractivity (Wildman–Crippen MR) is 86.1 cm³/mol. The maximum atomic E-state index is 11.4. The van der Waals surface area contributed by atoms with Gasteiger partial charge in [-0.1, -0.05) is 60.8 Å². The predicted octanol–water partition coefficient (Wildman–Crippen LogP) is 5.62. The molecular weight excluding hydrogens is 361 g/mol. The Morgan fingerprint density at radius 1 is 1.25 bits per heavy atom. The van der Waals surface area contributed by atoms with Gasteiger partial charge >= 0.3 is 0 Å². The lowest BCUT2D eigenvalue weighted by Crippen LogP contribution is -2.28. The van der Waals surface area contributed by atoms with Crippen LogP contribution in [-0.4, -0.2) is 10.6 Å². The Morgan fingerprint density at radius 3 is 2.15 bits per heavy atom. The lowest BCUT2D eigenvalue weighted by molar-refractivity contribution is -0.113. The molecule has 1 aromatic rings. The van der Waals surface area contributed by atoms with Gasteiger partial charge in [0.1, 0.15) is 0 Å². The van der Waals surface area contributed by atoms with Gasteiger partial charge in [-0.05, 0) is 40.6 Å². The number of alkyl halides is 3. The quantitative estimate of drug-likeness (QED) is 0.494. The summed E-state index contributed by atoms with van der Waals surface area (Å²) in [5.41, 5.74) is 0.348. The first-order valence-electron chi connectivity index (χ1n) is 6.07. The molecule has 0 aromatic heterocycles. The summed E-state index contributed by atoms with van der Waals surface area (Å²) < 4.78 is -1.31. The number of carbonyl (C=O) groups is 1. The van der Waals surface area contributed by atoms with Gasteiger partial charge in [-0.3, -0.25) is 4.79 Å². The molecule has 20 heavy (non-hydrogen) atoms. The second-order valence-electron chi connectivity index (χ2n) is 5.66. The number of hydrogen-bond donors (Lipinski definition) is 0. The first kappa shape index (κ1) is 16.7. The largest absolute Gasteiger partial charge is 0.281 e. The van der Waals surface area contributed by atoms with E-state index < -0.39 is 15.0 Å². The summed E-state index contributed by atoms with van der Waals surface area (Å²) in [4.78, 5) is 11.4. The highest BCUT2D eigenvalue weighted by Crippen LogP contribution is 2.65. The van der Waals surface area contributed by atoms with Crippen LogP contribution in [0.2, 0.25) is 5.02 Å². The van der Waals surface area contributed by atoms with Crippen LogP contribution < -0.4 is 0 Å². The van der Waals surface area contributed by atoms with Crippen molar-refractivity contribution in [2.24, 2.45) is 17.3 Å². The molecule has 1 aliphatic rings. The Bertz CT molecular complexity index is 523. The summed E-state index contributed by atoms with van der Waals surface area (Å²) in [6, 6.07) is 6.85. The van der Waals surface area contributed by atoms with Crippen LogP contribution in [0.15, 0.2) is 24.3 Å². The van der Waals surface area contributed by atoms with Gasteiger partial charge < -0.3 is 0 Å². The SMILES string of the molecule is CC1(C)[C@H](C(=O)Cl)[C@H]1C(Cl)C(Cl)(Cl)c1ccc(Cl)cc1. The van der Waals surface area contributed by atoms with Crippen LogP contribution in [0.25, 0.3) is 0 Å². The van der Waals surface area contributed by atoms with E-state index in [2.05, 4.69) is 0 Å². The second-order valence-corrected chi connectivity index (χ2v) is 8.33. The molecule has 6 heteroatoms. The van der Waals surface area contributed by atoms with Gasteiger partial charge in [-0.15, -0.1) is 11.6 Å². The highest BCUT2D eigenvalue weighted by atomic mass is 35.5. The molecule has 0 bridgehead atoms. The van der Waals surface area contributed by atoms with Crippen molar-refractivity contribution >= 4 is 63.2 Å². The fourth-order valence-corrected chi connectivity index (χ4v) is 4.38. The molecule has 1 aromatic carbocycles. The van der Waals surface area contributed by atoms with E-state index in [4.69, 9.17) is 58.0 Å². The molecule has 1 unspecified atom stereocenters. The van der Waals surface area contributed by atoms with Crippen LogP contribution >= 0.6 is 58.0 Å². The van der Waals surface area contributed by atoms with E-state index in [-0.39, 0.29) is 17.3 Å². The zero-order chi connectivity index (χ0) is 15.3. The van der Waals surface area contributed by atoms with Crippen LogP contribution in [0, 0.1) is 17.3 Å². The van der Waals surface area contributed by atoms with Crippen LogP contribution in [0.4, 0.5) is 0 Å². The van der Waals surface area contributed by atoms with Crippen molar-refractivity contribution in [1.29, 1.82) is 0 Å². The number of carbonyl (C=O) groups excluding carboxylic acids is 1. The maximum absolute atomic E-state index is 11.4. The second kappa shape index (κ2) is 5.52. The molecule has 110 valence electrons. The van der Waals surface area contributed by atoms with Gasteiger partial charge in [0.15, 0.2) is 4.33 Å². The summed E-state index contributed by atoms with van der Waals surface area (Å²) in [5.74, 6) is -0.490. The summed E-state index contributed by atoms with van der Waals surface area (Å²) in [6.07, 6.45) is 0. The third-order valence-electron chi connectivity index (χ3n) is 4.05. The average molecular weight is 375 g/mol. The van der Waals surface area contributed by atoms with Crippen LogP contribution in [0.5, 0.6) is 0 Å². The topological polar surface area (TPSA) is 17.1 Å². The Balaban J connectivity index is 2.26. The molecule has 1 nitrogen and oxygen atoms in total. The Kier molecular flexibility index (Phi) is 4.61. The molecule has 0 spiro atoms. The van der Waals surface area contributed by atoms with E-state index in [1.165, 1.54) is 0 Å². The van der Waals surface area contributed by atoms with E-state index in [1.54, 1.807) is 24.3 Å². The minimum absolute atomic E-state index is 0.167. The van der Waals surface area contributed by atoms with Gasteiger partial charge in [0.2, 0.25) is 5.24 Å². The summed E-state index contributed by atoms with van der Waals surface area (Å²) >= 11 is 30.8. The molecule has 1 fully saturated rings. The highest BCUT2D eigenvalue weighted by molar-refractivity contribution is 6.64. The lowest BCUT2D eigenvalue weighted by atomic mass is 10.0. The zero-order valence-corrected chi connectivity index (χ0v) is 14.6. The van der Waals surface area contributed by atoms with E-state index in [1.807, 2.05) is 13.8 Å². The fraction of sp³-hybridized carbons (Fsp3) is 0.500. The van der Waals surface area contributed by atoms with Gasteiger partial charge in [-0.2, -0.15) is 0 Å². The molecule has 2 rings (SSSR count). The maximum Gasteiger partial charge on any atom is 0.225 e. The van der Waals surface area contributed by atoms with Gasteiger partial charge in [0.25, 0.3) is 0 Å².